The summed E-state index contributed by atoms with van der Waals surface area (Å²) in [6.07, 6.45) is 4.06. The molecule has 0 aliphatic heterocycles. The molecule has 0 spiro atoms. The van der Waals surface area contributed by atoms with E-state index in [0.717, 1.165) is 22.6 Å². The molecule has 1 heterocycles. The van der Waals surface area contributed by atoms with Crippen LogP contribution in [0.3, 0.4) is 0 Å². The number of furan rings is 1. The van der Waals surface area contributed by atoms with Gasteiger partial charge >= 0.3 is 0 Å². The second kappa shape index (κ2) is 7.33. The molecule has 0 saturated carbocycles. The molecule has 0 aliphatic carbocycles. The number of hydrogen-bond donors (Lipinski definition) is 0. The first kappa shape index (κ1) is 16.0. The van der Waals surface area contributed by atoms with Crippen LogP contribution in [-0.4, -0.2) is 31.7 Å². The fraction of sp³-hybridized carbons (Fsp3) is 0.692. The number of halogens is 1. The summed E-state index contributed by atoms with van der Waals surface area (Å²) in [4.78, 5) is 0. The predicted molar refractivity (Wildman–Crippen MR) is 63.7 cm³/mol. The summed E-state index contributed by atoms with van der Waals surface area (Å²) in [5.41, 5.74) is 0. The van der Waals surface area contributed by atoms with Gasteiger partial charge < -0.3 is 32.9 Å². The van der Waals surface area contributed by atoms with E-state index in [9.17, 15) is 0 Å². The van der Waals surface area contributed by atoms with Crippen molar-refractivity contribution in [2.45, 2.75) is 26.7 Å². The Labute approximate surface area is 117 Å². The Hall–Kier alpha value is -0.0300. The molecule has 1 unspecified atom stereocenters. The van der Waals surface area contributed by atoms with E-state index in [1.54, 1.807) is 6.26 Å². The van der Waals surface area contributed by atoms with Crippen LogP contribution >= 0.6 is 0 Å². The van der Waals surface area contributed by atoms with Crippen molar-refractivity contribution < 1.29 is 32.9 Å². The summed E-state index contributed by atoms with van der Waals surface area (Å²) in [6.45, 7) is 6.94. The molecule has 0 bridgehead atoms. The van der Waals surface area contributed by atoms with E-state index in [2.05, 4.69) is 34.0 Å². The zero-order valence-corrected chi connectivity index (χ0v) is 13.0. The summed E-state index contributed by atoms with van der Waals surface area (Å²) in [7, 11) is 4.59. The number of rotatable bonds is 6. The third-order valence-electron chi connectivity index (χ3n) is 3.26. The number of nitrogens with zero attached hydrogens (tertiary/aromatic N) is 1. The molecule has 94 valence electrons. The van der Waals surface area contributed by atoms with Gasteiger partial charge in [0.25, 0.3) is 0 Å². The van der Waals surface area contributed by atoms with Crippen molar-refractivity contribution in [1.82, 2.24) is 0 Å². The number of quaternary nitrogens is 1. The van der Waals surface area contributed by atoms with Crippen LogP contribution in [0.5, 0.6) is 0 Å². The second-order valence-corrected chi connectivity index (χ2v) is 4.99. The fourth-order valence-corrected chi connectivity index (χ4v) is 1.88. The first-order valence-corrected chi connectivity index (χ1v) is 5.91. The van der Waals surface area contributed by atoms with Crippen molar-refractivity contribution in [3.63, 3.8) is 0 Å². The van der Waals surface area contributed by atoms with E-state index < -0.39 is 0 Å². The van der Waals surface area contributed by atoms with E-state index in [1.165, 1.54) is 19.5 Å². The lowest BCUT2D eigenvalue weighted by Crippen LogP contribution is -3.00. The molecule has 0 aromatic carbocycles. The molecular formula is C13H24INO. The average molecular weight is 337 g/mol. The normalized spacial score (nSPS) is 13.2. The van der Waals surface area contributed by atoms with Gasteiger partial charge in [0.2, 0.25) is 0 Å². The van der Waals surface area contributed by atoms with E-state index in [4.69, 9.17) is 4.42 Å². The smallest absolute Gasteiger partial charge is 0.104 e. The van der Waals surface area contributed by atoms with E-state index in [1.807, 2.05) is 6.07 Å². The lowest BCUT2D eigenvalue weighted by atomic mass is 9.99. The summed E-state index contributed by atoms with van der Waals surface area (Å²) < 4.78 is 6.50. The van der Waals surface area contributed by atoms with Crippen LogP contribution in [0.4, 0.5) is 0 Å². The van der Waals surface area contributed by atoms with Crippen LogP contribution in [0.1, 0.15) is 26.0 Å². The highest BCUT2D eigenvalue weighted by atomic mass is 127. The summed E-state index contributed by atoms with van der Waals surface area (Å²) in [5.74, 6) is 1.85. The van der Waals surface area contributed by atoms with Gasteiger partial charge in [0.15, 0.2) is 0 Å². The van der Waals surface area contributed by atoms with Crippen LogP contribution < -0.4 is 24.0 Å². The van der Waals surface area contributed by atoms with Crippen molar-refractivity contribution >= 4 is 0 Å². The third-order valence-corrected chi connectivity index (χ3v) is 3.26. The minimum absolute atomic E-state index is 0. The van der Waals surface area contributed by atoms with Gasteiger partial charge in [0.1, 0.15) is 5.76 Å². The Morgan fingerprint density at radius 1 is 1.31 bits per heavy atom. The lowest BCUT2D eigenvalue weighted by molar-refractivity contribution is -0.891. The van der Waals surface area contributed by atoms with Crippen molar-refractivity contribution in [2.24, 2.45) is 5.92 Å². The van der Waals surface area contributed by atoms with E-state index in [0.29, 0.717) is 0 Å². The van der Waals surface area contributed by atoms with Crippen LogP contribution in [-0.2, 0) is 6.42 Å². The molecule has 1 atom stereocenters. The minimum Gasteiger partial charge on any atom is -1.00 e. The van der Waals surface area contributed by atoms with Gasteiger partial charge in [-0.1, -0.05) is 6.92 Å². The van der Waals surface area contributed by atoms with Crippen molar-refractivity contribution in [1.29, 1.82) is 0 Å². The van der Waals surface area contributed by atoms with E-state index >= 15 is 0 Å². The summed E-state index contributed by atoms with van der Waals surface area (Å²) in [6, 6.07) is 4.05. The highest BCUT2D eigenvalue weighted by Crippen LogP contribution is 2.16. The minimum atomic E-state index is 0. The average Bonchev–Trinajstić information content (AvgIpc) is 2.69. The molecule has 0 N–H and O–H groups in total. The Kier molecular flexibility index (Phi) is 7.31. The maximum Gasteiger partial charge on any atom is 0.104 e. The van der Waals surface area contributed by atoms with Crippen molar-refractivity contribution in [3.8, 4) is 0 Å². The molecule has 1 aromatic rings. The molecule has 16 heavy (non-hydrogen) atoms. The quantitative estimate of drug-likeness (QED) is 0.524. The van der Waals surface area contributed by atoms with Gasteiger partial charge in [-0.05, 0) is 25.5 Å². The second-order valence-electron chi connectivity index (χ2n) is 4.99. The van der Waals surface area contributed by atoms with Gasteiger partial charge in [-0.15, -0.1) is 0 Å². The van der Waals surface area contributed by atoms with E-state index in [-0.39, 0.29) is 24.0 Å². The molecular weight excluding hydrogens is 313 g/mol. The van der Waals surface area contributed by atoms with Crippen molar-refractivity contribution in [2.75, 3.05) is 27.2 Å². The molecule has 1 rings (SSSR count). The maximum absolute atomic E-state index is 5.41. The standard InChI is InChI=1S/C13H24NO.HI/c1-5-12(11-14(3,4)6-2)10-13-8-7-9-15-13;/h7-9,12H,5-6,10-11H2,1-4H3;1H/q+1;/p-1. The monoisotopic (exact) mass is 337 g/mol. The molecule has 2 nitrogen and oxygen atoms in total. The highest BCUT2D eigenvalue weighted by Gasteiger charge is 2.20. The van der Waals surface area contributed by atoms with Crippen LogP contribution in [0.2, 0.25) is 0 Å². The van der Waals surface area contributed by atoms with Gasteiger partial charge in [-0.25, -0.2) is 0 Å². The maximum atomic E-state index is 5.41. The topological polar surface area (TPSA) is 13.1 Å². The number of hydrogen-bond acceptors (Lipinski definition) is 1. The third kappa shape index (κ3) is 5.34. The predicted octanol–water partition coefficient (Wildman–Crippen LogP) is -0.0514. The Balaban J connectivity index is 0.00000225. The summed E-state index contributed by atoms with van der Waals surface area (Å²) >= 11 is 0. The molecule has 0 amide bonds. The molecule has 0 aliphatic rings. The van der Waals surface area contributed by atoms with Crippen LogP contribution in [0.25, 0.3) is 0 Å². The zero-order valence-electron chi connectivity index (χ0n) is 10.9. The van der Waals surface area contributed by atoms with Gasteiger partial charge in [-0.2, -0.15) is 0 Å². The fourth-order valence-electron chi connectivity index (χ4n) is 1.88. The van der Waals surface area contributed by atoms with Crippen LogP contribution in [0, 0.1) is 5.92 Å². The first-order valence-electron chi connectivity index (χ1n) is 5.91. The van der Waals surface area contributed by atoms with Gasteiger partial charge in [0.05, 0.1) is 33.4 Å². The lowest BCUT2D eigenvalue weighted by Gasteiger charge is -2.31. The van der Waals surface area contributed by atoms with Gasteiger partial charge in [0, 0.05) is 12.3 Å². The van der Waals surface area contributed by atoms with Gasteiger partial charge in [-0.3, -0.25) is 0 Å². The molecule has 0 fully saturated rings. The van der Waals surface area contributed by atoms with Crippen LogP contribution in [0.15, 0.2) is 22.8 Å². The largest absolute Gasteiger partial charge is 1.00 e. The zero-order chi connectivity index (χ0) is 11.3. The summed E-state index contributed by atoms with van der Waals surface area (Å²) in [5, 5.41) is 0. The SMILES string of the molecule is CCC(Cc1ccco1)C[N+](C)(C)CC.[I-]. The Bertz CT molecular complexity index is 269. The molecule has 3 heteroatoms. The Morgan fingerprint density at radius 3 is 2.44 bits per heavy atom. The van der Waals surface area contributed by atoms with Crippen molar-refractivity contribution in [3.05, 3.63) is 24.2 Å². The highest BCUT2D eigenvalue weighted by molar-refractivity contribution is 4.99. The molecule has 0 saturated heterocycles. The first-order chi connectivity index (χ1) is 7.07. The Morgan fingerprint density at radius 2 is 2.00 bits per heavy atom. The molecule has 1 aromatic heterocycles. The molecule has 0 radical (unpaired) electrons.